The van der Waals surface area contributed by atoms with Gasteiger partial charge in [-0.05, 0) is 130 Å². The Labute approximate surface area is 489 Å². The van der Waals surface area contributed by atoms with Crippen molar-refractivity contribution in [2.75, 3.05) is 110 Å². The fourth-order valence-corrected chi connectivity index (χ4v) is 13.7. The highest BCUT2D eigenvalue weighted by Crippen LogP contribution is 2.56. The zero-order valence-electron chi connectivity index (χ0n) is 48.7. The first-order valence-corrected chi connectivity index (χ1v) is 32.3. The molecule has 9 heterocycles. The van der Waals surface area contributed by atoms with Gasteiger partial charge in [0.2, 0.25) is 31.9 Å². The van der Waals surface area contributed by atoms with Gasteiger partial charge in [-0.25, -0.2) is 26.8 Å². The van der Waals surface area contributed by atoms with Crippen LogP contribution in [0.5, 0.6) is 0 Å². The van der Waals surface area contributed by atoms with Crippen molar-refractivity contribution < 1.29 is 35.7 Å². The van der Waals surface area contributed by atoms with E-state index >= 15 is 0 Å². The fourth-order valence-electron chi connectivity index (χ4n) is 12.3. The molecule has 0 radical (unpaired) electrons. The number of hydrogen-bond acceptors (Lipinski definition) is 16. The van der Waals surface area contributed by atoms with Gasteiger partial charge >= 0.3 is 7.12 Å². The Morgan fingerprint density at radius 1 is 0.598 bits per heavy atom. The third-order valence-electron chi connectivity index (χ3n) is 18.2. The van der Waals surface area contributed by atoms with E-state index in [0.29, 0.717) is 40.6 Å². The van der Waals surface area contributed by atoms with Crippen LogP contribution in [0.2, 0.25) is 0 Å². The molecule has 24 heteroatoms. The number of fused-ring (bicyclic) bond motifs is 8. The maximum absolute atomic E-state index is 13.2. The Morgan fingerprint density at radius 3 is 1.48 bits per heavy atom. The molecule has 0 bridgehead atoms. The second-order valence-corrected chi connectivity index (χ2v) is 29.1. The molecule has 2 spiro atoms. The molecule has 3 saturated heterocycles. The van der Waals surface area contributed by atoms with E-state index in [-0.39, 0.29) is 17.2 Å². The number of anilines is 6. The summed E-state index contributed by atoms with van der Waals surface area (Å²) in [6.45, 7) is 11.1. The molecule has 20 nitrogen and oxygen atoms in total. The number of nitrogens with zero attached hydrogens (tertiary/aromatic N) is 10. The molecule has 13 rings (SSSR count). The van der Waals surface area contributed by atoms with Crippen LogP contribution in [-0.2, 0) is 49.8 Å². The lowest BCUT2D eigenvalue weighted by atomic mass is 9.64. The first-order chi connectivity index (χ1) is 38.5. The summed E-state index contributed by atoms with van der Waals surface area (Å²) in [6.07, 6.45) is 15.3. The molecule has 2 amide bonds. The van der Waals surface area contributed by atoms with Crippen molar-refractivity contribution in [3.63, 3.8) is 0 Å². The number of hydrogen-bond donors (Lipinski definition) is 2. The van der Waals surface area contributed by atoms with Crippen LogP contribution in [-0.4, -0.2) is 170 Å². The third kappa shape index (κ3) is 10.2. The smallest absolute Gasteiger partial charge is 0.399 e. The van der Waals surface area contributed by atoms with Gasteiger partial charge in [-0.3, -0.25) is 29.0 Å². The SMILES string of the molecule is CN(C)C1CN(c2ncc(B3OC(C)(C)C(C)(C)O3)cc2NS(C)(=O)=O)C1.CN1C(=O)C2(CCC2)c2c1cnc1ccc(-c3cnc(N4CC(N(C)C)C4)c(NS(C)(=O)=O)c3)cc21.CN1C(=O)C2(CCC2)c2c1cnc1ccc(Br)cc21. The van der Waals surface area contributed by atoms with Gasteiger partial charge in [0.1, 0.15) is 0 Å². The molecule has 7 aliphatic rings. The van der Waals surface area contributed by atoms with E-state index in [1.54, 1.807) is 34.5 Å². The first kappa shape index (κ1) is 57.8. The van der Waals surface area contributed by atoms with Crippen LogP contribution in [0.3, 0.4) is 0 Å². The zero-order chi connectivity index (χ0) is 58.8. The normalized spacial score (nSPS) is 20.3. The highest BCUT2D eigenvalue weighted by Gasteiger charge is 2.56. The van der Waals surface area contributed by atoms with Crippen molar-refractivity contribution >= 4 is 117 Å². The summed E-state index contributed by atoms with van der Waals surface area (Å²) >= 11 is 3.52. The predicted molar refractivity (Wildman–Crippen MR) is 329 cm³/mol. The monoisotopic (exact) mass is 1220 g/mol. The summed E-state index contributed by atoms with van der Waals surface area (Å²) in [6, 6.07) is 16.6. The van der Waals surface area contributed by atoms with Crippen LogP contribution >= 0.6 is 15.9 Å². The molecule has 2 aromatic carbocycles. The van der Waals surface area contributed by atoms with Gasteiger partial charge in [-0.1, -0.05) is 34.8 Å². The van der Waals surface area contributed by atoms with Crippen LogP contribution < -0.4 is 34.5 Å². The minimum atomic E-state index is -3.49. The predicted octanol–water partition coefficient (Wildman–Crippen LogP) is 6.71. The molecule has 2 N–H and O–H groups in total. The van der Waals surface area contributed by atoms with Gasteiger partial charge in [0, 0.05) is 102 Å². The van der Waals surface area contributed by atoms with Crippen molar-refractivity contribution in [1.29, 1.82) is 0 Å². The largest absolute Gasteiger partial charge is 0.496 e. The quantitative estimate of drug-likeness (QED) is 0.136. The number of nitrogens with one attached hydrogen (secondary N) is 2. The Bertz CT molecular complexity index is 3800. The standard InChI is InChI=1S/C26H30N6O3S.C17H29BN4O4S.C15H13BrN2O/c1-30(2)18-14-32(15-18)24-21(29-36(4,34)35)11-17(12-28-24)16-6-7-20-19(10-16)23-22(13-27-20)31(3)25(33)26(23)8-5-9-26;1-16(2)17(3,4)26-18(25-16)12-8-14(20-27(7,23)24)15(19-9-12)22-10-13(11-22)21(5)6;1-18-12-8-17-11-4-3-9(16)7-10(11)13(12)15(14(18)19)5-2-6-15/h6-7,10-13,18,29H,5,8-9,14-15H2,1-4H3;8-9,13,20H,10-11H2,1-7H3;3-4,7-8H,2,5-6H2,1H3. The van der Waals surface area contributed by atoms with E-state index in [4.69, 9.17) is 14.3 Å². The van der Waals surface area contributed by atoms with E-state index in [9.17, 15) is 26.4 Å². The molecular formula is C58H72BBrN12O8S2. The van der Waals surface area contributed by atoms with Gasteiger partial charge in [-0.15, -0.1) is 0 Å². The van der Waals surface area contributed by atoms with Crippen molar-refractivity contribution in [3.8, 4) is 11.1 Å². The highest BCUT2D eigenvalue weighted by molar-refractivity contribution is 9.10. The Hall–Kier alpha value is -6.02. The Balaban J connectivity index is 0.000000136. The molecule has 6 aromatic rings. The van der Waals surface area contributed by atoms with Crippen LogP contribution in [0.1, 0.15) is 77.3 Å². The number of amides is 2. The molecule has 0 atom stereocenters. The second-order valence-electron chi connectivity index (χ2n) is 24.6. The summed E-state index contributed by atoms with van der Waals surface area (Å²) < 4.78 is 66.5. The fraction of sp³-hybridized carbons (Fsp3) is 0.483. The van der Waals surface area contributed by atoms with Crippen molar-refractivity contribution in [2.45, 2.75) is 100 Å². The van der Waals surface area contributed by atoms with Crippen molar-refractivity contribution in [3.05, 3.63) is 88.9 Å². The van der Waals surface area contributed by atoms with Crippen LogP contribution in [0.4, 0.5) is 34.4 Å². The number of sulfonamides is 2. The van der Waals surface area contributed by atoms with Gasteiger partial charge < -0.3 is 38.7 Å². The number of benzene rings is 2. The minimum absolute atomic E-state index is 0.152. The minimum Gasteiger partial charge on any atom is -0.399 e. The number of carbonyl (C=O) groups excluding carboxylic acids is 2. The number of likely N-dealkylation sites (N-methyl/N-ethyl adjacent to an activating group) is 4. The first-order valence-electron chi connectivity index (χ1n) is 27.7. The Kier molecular flexibility index (Phi) is 14.6. The maximum Gasteiger partial charge on any atom is 0.496 e. The van der Waals surface area contributed by atoms with Crippen LogP contribution in [0.15, 0.2) is 77.8 Å². The molecule has 434 valence electrons. The van der Waals surface area contributed by atoms with E-state index < -0.39 is 43.8 Å². The Morgan fingerprint density at radius 2 is 1.04 bits per heavy atom. The lowest BCUT2D eigenvalue weighted by molar-refractivity contribution is -0.126. The summed E-state index contributed by atoms with van der Waals surface area (Å²) in [5, 5.41) is 2.09. The summed E-state index contributed by atoms with van der Waals surface area (Å²) in [4.78, 5) is 56.1. The molecule has 0 unspecified atom stereocenters. The number of pyridine rings is 4. The molecule has 5 fully saturated rings. The molecule has 2 saturated carbocycles. The van der Waals surface area contributed by atoms with Gasteiger partial charge in [0.25, 0.3) is 0 Å². The topological polar surface area (TPSA) is 216 Å². The lowest BCUT2D eigenvalue weighted by Crippen LogP contribution is -2.58. The average Bonchev–Trinajstić information content (AvgIpc) is 1.71. The maximum atomic E-state index is 13.2. The zero-order valence-corrected chi connectivity index (χ0v) is 51.9. The van der Waals surface area contributed by atoms with Gasteiger partial charge in [0.05, 0.1) is 80.7 Å². The number of rotatable bonds is 10. The van der Waals surface area contributed by atoms with E-state index in [1.807, 2.05) is 107 Å². The molecule has 82 heavy (non-hydrogen) atoms. The van der Waals surface area contributed by atoms with E-state index in [2.05, 4.69) is 72.1 Å². The van der Waals surface area contributed by atoms with Gasteiger partial charge in [0.15, 0.2) is 11.6 Å². The summed E-state index contributed by atoms with van der Waals surface area (Å²) in [5.41, 5.74) is 7.58. The molecule has 4 aromatic heterocycles. The van der Waals surface area contributed by atoms with Crippen molar-refractivity contribution in [1.82, 2.24) is 29.7 Å². The van der Waals surface area contributed by atoms with E-state index in [1.165, 1.54) is 5.56 Å². The number of carbonyl (C=O) groups is 2. The second kappa shape index (κ2) is 20.6. The van der Waals surface area contributed by atoms with E-state index in [0.717, 1.165) is 132 Å². The summed E-state index contributed by atoms with van der Waals surface area (Å²) in [5.74, 6) is 1.65. The average molecular weight is 1220 g/mol. The molecule has 5 aliphatic heterocycles. The van der Waals surface area contributed by atoms with Gasteiger partial charge in [-0.2, -0.15) is 0 Å². The summed E-state index contributed by atoms with van der Waals surface area (Å²) in [7, 11) is 4.31. The molecule has 2 aliphatic carbocycles. The number of halogens is 1. The number of aromatic nitrogens is 4. The molecular weight excluding hydrogens is 1150 g/mol. The highest BCUT2D eigenvalue weighted by atomic mass is 79.9. The third-order valence-corrected chi connectivity index (χ3v) is 19.8. The van der Waals surface area contributed by atoms with Crippen LogP contribution in [0.25, 0.3) is 32.9 Å². The lowest BCUT2D eigenvalue weighted by Gasteiger charge is -2.44. The van der Waals surface area contributed by atoms with Crippen LogP contribution in [0, 0.1) is 0 Å². The van der Waals surface area contributed by atoms with Crippen molar-refractivity contribution in [2.24, 2.45) is 0 Å².